The van der Waals surface area contributed by atoms with Gasteiger partial charge in [-0.2, -0.15) is 0 Å². The minimum atomic E-state index is -0.0775. The quantitative estimate of drug-likeness (QED) is 0.703. The first-order chi connectivity index (χ1) is 8.06. The number of likely N-dealkylation sites (tertiary alicyclic amines) is 1. The number of piperidine rings is 2. The Balaban J connectivity index is 1.89. The van der Waals surface area contributed by atoms with E-state index in [0.29, 0.717) is 18.8 Å². The van der Waals surface area contributed by atoms with Crippen LogP contribution in [0.4, 0.5) is 0 Å². The second-order valence-corrected chi connectivity index (χ2v) is 5.28. The number of nitrogens with two attached hydrogens (primary N) is 1. The largest absolute Gasteiger partial charge is 0.353 e. The van der Waals surface area contributed by atoms with Crippen LogP contribution in [0, 0.1) is 5.92 Å². The molecular weight excluding hydrogens is 218 g/mol. The number of rotatable bonds is 2. The molecule has 17 heavy (non-hydrogen) atoms. The average Bonchev–Trinajstić information content (AvgIpc) is 2.27. The van der Waals surface area contributed by atoms with Crippen LogP contribution in [0.3, 0.4) is 0 Å². The Labute approximate surface area is 102 Å². The first-order valence-corrected chi connectivity index (χ1v) is 6.39. The van der Waals surface area contributed by atoms with Crippen LogP contribution >= 0.6 is 0 Å². The highest BCUT2D eigenvalue weighted by atomic mass is 16.2. The molecule has 2 rings (SSSR count). The van der Waals surface area contributed by atoms with E-state index in [1.165, 1.54) is 0 Å². The highest BCUT2D eigenvalue weighted by molar-refractivity contribution is 5.78. The number of nitrogens with zero attached hydrogens (tertiary/aromatic N) is 1. The topological polar surface area (TPSA) is 75.4 Å². The summed E-state index contributed by atoms with van der Waals surface area (Å²) in [7, 11) is 0. The molecule has 0 aromatic rings. The molecular formula is C12H21N3O2. The van der Waals surface area contributed by atoms with Gasteiger partial charge in [-0.3, -0.25) is 9.59 Å². The molecule has 0 aliphatic carbocycles. The molecule has 0 bridgehead atoms. The van der Waals surface area contributed by atoms with Crippen molar-refractivity contribution in [1.29, 1.82) is 0 Å². The molecule has 3 N–H and O–H groups in total. The Hall–Kier alpha value is -1.10. The van der Waals surface area contributed by atoms with Gasteiger partial charge >= 0.3 is 0 Å². The lowest BCUT2D eigenvalue weighted by atomic mass is 9.85. The predicted molar refractivity (Wildman–Crippen MR) is 64.1 cm³/mol. The third-order valence-electron chi connectivity index (χ3n) is 3.67. The van der Waals surface area contributed by atoms with Crippen molar-refractivity contribution in [3.8, 4) is 0 Å². The lowest BCUT2D eigenvalue weighted by Gasteiger charge is -2.41. The summed E-state index contributed by atoms with van der Waals surface area (Å²) in [6, 6.07) is 0.196. The van der Waals surface area contributed by atoms with Gasteiger partial charge in [0.15, 0.2) is 0 Å². The third kappa shape index (κ3) is 2.97. The maximum atomic E-state index is 11.9. The van der Waals surface area contributed by atoms with Gasteiger partial charge in [0, 0.05) is 38.0 Å². The van der Waals surface area contributed by atoms with Crippen LogP contribution in [0.2, 0.25) is 0 Å². The minimum absolute atomic E-state index is 0.0775. The van der Waals surface area contributed by atoms with Crippen LogP contribution < -0.4 is 11.1 Å². The van der Waals surface area contributed by atoms with Crippen molar-refractivity contribution in [2.24, 2.45) is 11.7 Å². The van der Waals surface area contributed by atoms with E-state index in [1.54, 1.807) is 0 Å². The van der Waals surface area contributed by atoms with Gasteiger partial charge in [-0.1, -0.05) is 0 Å². The summed E-state index contributed by atoms with van der Waals surface area (Å²) < 4.78 is 0. The van der Waals surface area contributed by atoms with E-state index in [0.717, 1.165) is 25.9 Å². The molecule has 2 fully saturated rings. The molecule has 96 valence electrons. The highest BCUT2D eigenvalue weighted by Gasteiger charge is 2.35. The summed E-state index contributed by atoms with van der Waals surface area (Å²) in [4.78, 5) is 25.1. The van der Waals surface area contributed by atoms with Crippen molar-refractivity contribution in [2.75, 3.05) is 13.1 Å². The zero-order chi connectivity index (χ0) is 12.4. The van der Waals surface area contributed by atoms with Crippen molar-refractivity contribution in [1.82, 2.24) is 10.2 Å². The molecule has 0 saturated carbocycles. The van der Waals surface area contributed by atoms with E-state index >= 15 is 0 Å². The smallest absolute Gasteiger partial charge is 0.224 e. The molecule has 3 unspecified atom stereocenters. The summed E-state index contributed by atoms with van der Waals surface area (Å²) >= 11 is 0. The Morgan fingerprint density at radius 3 is 3.06 bits per heavy atom. The molecule has 2 saturated heterocycles. The third-order valence-corrected chi connectivity index (χ3v) is 3.67. The molecule has 0 aromatic heterocycles. The molecule has 0 radical (unpaired) electrons. The molecule has 2 aliphatic heterocycles. The van der Waals surface area contributed by atoms with Gasteiger partial charge in [0.25, 0.3) is 0 Å². The summed E-state index contributed by atoms with van der Waals surface area (Å²) in [5.74, 6) is 0.732. The van der Waals surface area contributed by atoms with E-state index in [2.05, 4.69) is 5.32 Å². The molecule has 0 aromatic carbocycles. The lowest BCUT2D eigenvalue weighted by molar-refractivity contribution is -0.135. The summed E-state index contributed by atoms with van der Waals surface area (Å²) in [5.41, 5.74) is 5.65. The molecule has 3 atom stereocenters. The summed E-state index contributed by atoms with van der Waals surface area (Å²) in [6.45, 7) is 3.37. The fourth-order valence-electron chi connectivity index (χ4n) is 2.74. The van der Waals surface area contributed by atoms with Gasteiger partial charge in [-0.25, -0.2) is 0 Å². The predicted octanol–water partition coefficient (Wildman–Crippen LogP) is -0.149. The molecule has 2 amide bonds. The zero-order valence-electron chi connectivity index (χ0n) is 10.3. The molecule has 2 heterocycles. The number of carbonyl (C=O) groups is 2. The Morgan fingerprint density at radius 2 is 2.35 bits per heavy atom. The van der Waals surface area contributed by atoms with Crippen LogP contribution in [-0.2, 0) is 9.59 Å². The summed E-state index contributed by atoms with van der Waals surface area (Å²) in [6.07, 6.45) is 2.79. The van der Waals surface area contributed by atoms with Gasteiger partial charge in [0.2, 0.25) is 11.8 Å². The molecule has 2 aliphatic rings. The Bertz CT molecular complexity index is 317. The van der Waals surface area contributed by atoms with Crippen LogP contribution in [0.5, 0.6) is 0 Å². The van der Waals surface area contributed by atoms with Crippen molar-refractivity contribution in [3.63, 3.8) is 0 Å². The average molecular weight is 239 g/mol. The lowest BCUT2D eigenvalue weighted by Crippen LogP contribution is -2.55. The Kier molecular flexibility index (Phi) is 3.66. The van der Waals surface area contributed by atoms with Gasteiger partial charge < -0.3 is 16.0 Å². The van der Waals surface area contributed by atoms with Gasteiger partial charge in [0.05, 0.1) is 0 Å². The van der Waals surface area contributed by atoms with Gasteiger partial charge in [-0.15, -0.1) is 0 Å². The van der Waals surface area contributed by atoms with Crippen molar-refractivity contribution in [3.05, 3.63) is 0 Å². The maximum Gasteiger partial charge on any atom is 0.224 e. The number of amides is 2. The first kappa shape index (κ1) is 12.4. The maximum absolute atomic E-state index is 11.9. The SMILES string of the molecule is CC(N)CC(=O)N1CCC2NC(=O)CCC2C1. The number of nitrogens with one attached hydrogen (secondary N) is 1. The van der Waals surface area contributed by atoms with E-state index in [-0.39, 0.29) is 23.9 Å². The standard InChI is InChI=1S/C12H21N3O2/c1-8(13)6-12(17)15-5-4-10-9(7-15)2-3-11(16)14-10/h8-10H,2-7,13H2,1H3,(H,14,16). The second kappa shape index (κ2) is 5.04. The minimum Gasteiger partial charge on any atom is -0.353 e. The highest BCUT2D eigenvalue weighted by Crippen LogP contribution is 2.25. The number of fused-ring (bicyclic) bond motifs is 1. The molecule has 0 spiro atoms. The Morgan fingerprint density at radius 1 is 1.59 bits per heavy atom. The fraction of sp³-hybridized carbons (Fsp3) is 0.833. The van der Waals surface area contributed by atoms with Gasteiger partial charge in [-0.05, 0) is 25.7 Å². The second-order valence-electron chi connectivity index (χ2n) is 5.28. The van der Waals surface area contributed by atoms with E-state index in [9.17, 15) is 9.59 Å². The van der Waals surface area contributed by atoms with Gasteiger partial charge in [0.1, 0.15) is 0 Å². The van der Waals surface area contributed by atoms with Crippen LogP contribution in [-0.4, -0.2) is 41.9 Å². The van der Waals surface area contributed by atoms with E-state index in [4.69, 9.17) is 5.73 Å². The van der Waals surface area contributed by atoms with E-state index < -0.39 is 0 Å². The van der Waals surface area contributed by atoms with E-state index in [1.807, 2.05) is 11.8 Å². The van der Waals surface area contributed by atoms with Crippen LogP contribution in [0.1, 0.15) is 32.6 Å². The molecule has 5 heteroatoms. The summed E-state index contributed by atoms with van der Waals surface area (Å²) in [5, 5.41) is 3.02. The van der Waals surface area contributed by atoms with Crippen LogP contribution in [0.25, 0.3) is 0 Å². The number of carbonyl (C=O) groups excluding carboxylic acids is 2. The first-order valence-electron chi connectivity index (χ1n) is 6.39. The normalized spacial score (nSPS) is 30.5. The zero-order valence-corrected chi connectivity index (χ0v) is 10.3. The monoisotopic (exact) mass is 239 g/mol. The van der Waals surface area contributed by atoms with Crippen molar-refractivity contribution in [2.45, 2.75) is 44.7 Å². The van der Waals surface area contributed by atoms with Crippen LogP contribution in [0.15, 0.2) is 0 Å². The van der Waals surface area contributed by atoms with Crippen molar-refractivity contribution >= 4 is 11.8 Å². The number of hydrogen-bond acceptors (Lipinski definition) is 3. The number of hydrogen-bond donors (Lipinski definition) is 2. The van der Waals surface area contributed by atoms with Crippen molar-refractivity contribution < 1.29 is 9.59 Å². The molecule has 5 nitrogen and oxygen atoms in total. The fourth-order valence-corrected chi connectivity index (χ4v) is 2.74.